The van der Waals surface area contributed by atoms with Crippen LogP contribution in [0.1, 0.15) is 32.1 Å². The summed E-state index contributed by atoms with van der Waals surface area (Å²) in [4.78, 5) is 18.6. The van der Waals surface area contributed by atoms with Crippen LogP contribution < -0.4 is 0 Å². The summed E-state index contributed by atoms with van der Waals surface area (Å²) in [5.41, 5.74) is 1.42. The molecule has 3 rings (SSSR count). The number of carbonyl (C=O) groups excluding carboxylic acids is 1. The molecule has 118 valence electrons. The molecule has 0 bridgehead atoms. The zero-order valence-electron chi connectivity index (χ0n) is 12.5. The molecule has 0 aliphatic heterocycles. The van der Waals surface area contributed by atoms with Gasteiger partial charge >= 0.3 is 0 Å². The Morgan fingerprint density at radius 3 is 2.95 bits per heavy atom. The van der Waals surface area contributed by atoms with Crippen molar-refractivity contribution in [1.82, 2.24) is 9.88 Å². The van der Waals surface area contributed by atoms with Gasteiger partial charge in [-0.2, -0.15) is 0 Å². The molecular formula is C16H19ClN2O2S. The molecule has 0 atom stereocenters. The first-order valence-corrected chi connectivity index (χ1v) is 8.94. The lowest BCUT2D eigenvalue weighted by Gasteiger charge is -2.31. The maximum absolute atomic E-state index is 12.3. The molecule has 4 nitrogen and oxygen atoms in total. The van der Waals surface area contributed by atoms with Crippen molar-refractivity contribution in [2.24, 2.45) is 0 Å². The summed E-state index contributed by atoms with van der Waals surface area (Å²) in [6.45, 7) is 0. The Morgan fingerprint density at radius 2 is 2.18 bits per heavy atom. The number of rotatable bonds is 4. The minimum atomic E-state index is 0.136. The number of hydrogen-bond donors (Lipinski definition) is 0. The molecule has 0 unspecified atom stereocenters. The monoisotopic (exact) mass is 338 g/mol. The molecule has 2 aromatic rings. The topological polar surface area (TPSA) is 46.3 Å². The van der Waals surface area contributed by atoms with Crippen molar-refractivity contribution in [2.45, 2.75) is 43.4 Å². The average Bonchev–Trinajstić information content (AvgIpc) is 2.94. The number of amides is 1. The molecule has 22 heavy (non-hydrogen) atoms. The SMILES string of the molecule is CN(C(=O)CSc1nc2cc(Cl)ccc2o1)C1CCCCC1. The van der Waals surface area contributed by atoms with Gasteiger partial charge in [-0.25, -0.2) is 4.98 Å². The summed E-state index contributed by atoms with van der Waals surface area (Å²) >= 11 is 7.27. The van der Waals surface area contributed by atoms with E-state index in [2.05, 4.69) is 4.98 Å². The maximum Gasteiger partial charge on any atom is 0.257 e. The maximum atomic E-state index is 12.3. The number of halogens is 1. The zero-order valence-corrected chi connectivity index (χ0v) is 14.1. The minimum absolute atomic E-state index is 0.136. The lowest BCUT2D eigenvalue weighted by molar-refractivity contribution is -0.129. The molecule has 0 spiro atoms. The van der Waals surface area contributed by atoms with Crippen LogP contribution in [0.5, 0.6) is 0 Å². The van der Waals surface area contributed by atoms with Crippen molar-refractivity contribution in [3.63, 3.8) is 0 Å². The molecule has 1 saturated carbocycles. The quantitative estimate of drug-likeness (QED) is 0.777. The van der Waals surface area contributed by atoms with Crippen LogP contribution in [-0.4, -0.2) is 34.6 Å². The first-order chi connectivity index (χ1) is 10.6. The predicted molar refractivity (Wildman–Crippen MR) is 89.4 cm³/mol. The van der Waals surface area contributed by atoms with E-state index in [0.29, 0.717) is 27.6 Å². The second kappa shape index (κ2) is 6.92. The van der Waals surface area contributed by atoms with Gasteiger partial charge in [0, 0.05) is 18.1 Å². The Morgan fingerprint density at radius 1 is 1.41 bits per heavy atom. The first-order valence-electron chi connectivity index (χ1n) is 7.58. The van der Waals surface area contributed by atoms with Crippen LogP contribution in [-0.2, 0) is 4.79 Å². The number of nitrogens with zero attached hydrogens (tertiary/aromatic N) is 2. The Hall–Kier alpha value is -1.20. The highest BCUT2D eigenvalue weighted by Crippen LogP contribution is 2.27. The van der Waals surface area contributed by atoms with Crippen molar-refractivity contribution in [3.8, 4) is 0 Å². The van der Waals surface area contributed by atoms with Gasteiger partial charge in [0.15, 0.2) is 5.58 Å². The van der Waals surface area contributed by atoms with Crippen LogP contribution in [0.2, 0.25) is 5.02 Å². The molecule has 0 N–H and O–H groups in total. The fourth-order valence-electron chi connectivity index (χ4n) is 2.84. The van der Waals surface area contributed by atoms with E-state index < -0.39 is 0 Å². The smallest absolute Gasteiger partial charge is 0.257 e. The molecule has 1 fully saturated rings. The fourth-order valence-corrected chi connectivity index (χ4v) is 3.77. The van der Waals surface area contributed by atoms with Crippen molar-refractivity contribution in [3.05, 3.63) is 23.2 Å². The van der Waals surface area contributed by atoms with Gasteiger partial charge in [0.1, 0.15) is 5.52 Å². The van der Waals surface area contributed by atoms with Crippen LogP contribution in [0.25, 0.3) is 11.1 Å². The van der Waals surface area contributed by atoms with Crippen LogP contribution in [0, 0.1) is 0 Å². The summed E-state index contributed by atoms with van der Waals surface area (Å²) < 4.78 is 5.62. The fraction of sp³-hybridized carbons (Fsp3) is 0.500. The summed E-state index contributed by atoms with van der Waals surface area (Å²) in [5.74, 6) is 0.491. The van der Waals surface area contributed by atoms with Crippen LogP contribution in [0.4, 0.5) is 0 Å². The van der Waals surface area contributed by atoms with Crippen molar-refractivity contribution in [2.75, 3.05) is 12.8 Å². The van der Waals surface area contributed by atoms with Crippen LogP contribution >= 0.6 is 23.4 Å². The summed E-state index contributed by atoms with van der Waals surface area (Å²) in [6.07, 6.45) is 5.98. The highest BCUT2D eigenvalue weighted by atomic mass is 35.5. The summed E-state index contributed by atoms with van der Waals surface area (Å²) in [5, 5.41) is 1.15. The van der Waals surface area contributed by atoms with Gasteiger partial charge in [-0.1, -0.05) is 42.6 Å². The number of thioether (sulfide) groups is 1. The van der Waals surface area contributed by atoms with Crippen LogP contribution in [0.3, 0.4) is 0 Å². The van der Waals surface area contributed by atoms with Gasteiger partial charge in [0.05, 0.1) is 5.75 Å². The third-order valence-corrected chi connectivity index (χ3v) is 5.21. The molecular weight excluding hydrogens is 320 g/mol. The number of oxazole rings is 1. The van der Waals surface area contributed by atoms with Gasteiger partial charge in [-0.3, -0.25) is 4.79 Å². The molecule has 1 amide bonds. The van der Waals surface area contributed by atoms with Gasteiger partial charge < -0.3 is 9.32 Å². The van der Waals surface area contributed by atoms with E-state index in [1.165, 1.54) is 31.0 Å². The largest absolute Gasteiger partial charge is 0.431 e. The normalized spacial score (nSPS) is 16.1. The second-order valence-electron chi connectivity index (χ2n) is 5.68. The molecule has 0 radical (unpaired) electrons. The first kappa shape index (κ1) is 15.7. The highest BCUT2D eigenvalue weighted by Gasteiger charge is 2.22. The molecule has 1 heterocycles. The van der Waals surface area contributed by atoms with Crippen molar-refractivity contribution in [1.29, 1.82) is 0 Å². The number of benzene rings is 1. The van der Waals surface area contributed by atoms with E-state index in [1.807, 2.05) is 11.9 Å². The van der Waals surface area contributed by atoms with Gasteiger partial charge in [0.25, 0.3) is 5.22 Å². The number of hydrogen-bond acceptors (Lipinski definition) is 4. The van der Waals surface area contributed by atoms with Crippen molar-refractivity contribution < 1.29 is 9.21 Å². The lowest BCUT2D eigenvalue weighted by Crippen LogP contribution is -2.39. The van der Waals surface area contributed by atoms with E-state index >= 15 is 0 Å². The van der Waals surface area contributed by atoms with E-state index in [0.717, 1.165) is 18.4 Å². The molecule has 1 aromatic heterocycles. The van der Waals surface area contributed by atoms with Gasteiger partial charge in [-0.15, -0.1) is 0 Å². The summed E-state index contributed by atoms with van der Waals surface area (Å²) in [6, 6.07) is 5.72. The Balaban J connectivity index is 1.59. The zero-order chi connectivity index (χ0) is 15.5. The Kier molecular flexibility index (Phi) is 4.93. The van der Waals surface area contributed by atoms with Gasteiger partial charge in [0.2, 0.25) is 5.91 Å². The third-order valence-electron chi connectivity index (χ3n) is 4.16. The van der Waals surface area contributed by atoms with Crippen LogP contribution in [0.15, 0.2) is 27.8 Å². The molecule has 1 aromatic carbocycles. The number of carbonyl (C=O) groups is 1. The van der Waals surface area contributed by atoms with E-state index in [4.69, 9.17) is 16.0 Å². The number of aromatic nitrogens is 1. The highest BCUT2D eigenvalue weighted by molar-refractivity contribution is 7.99. The summed E-state index contributed by atoms with van der Waals surface area (Å²) in [7, 11) is 1.91. The molecule has 6 heteroatoms. The average molecular weight is 339 g/mol. The lowest BCUT2D eigenvalue weighted by atomic mass is 9.94. The van der Waals surface area contributed by atoms with E-state index in [-0.39, 0.29) is 5.91 Å². The minimum Gasteiger partial charge on any atom is -0.431 e. The molecule has 0 saturated heterocycles. The predicted octanol–water partition coefficient (Wildman–Crippen LogP) is 4.36. The molecule has 1 aliphatic rings. The molecule has 1 aliphatic carbocycles. The van der Waals surface area contributed by atoms with Crippen molar-refractivity contribution >= 4 is 40.4 Å². The third kappa shape index (κ3) is 3.58. The van der Waals surface area contributed by atoms with Gasteiger partial charge in [-0.05, 0) is 31.0 Å². The second-order valence-corrected chi connectivity index (χ2v) is 7.04. The standard InChI is InChI=1S/C16H19ClN2O2S/c1-19(12-5-3-2-4-6-12)15(20)10-22-16-18-13-9-11(17)7-8-14(13)21-16/h7-9,12H,2-6,10H2,1H3. The number of fused-ring (bicyclic) bond motifs is 1. The van der Waals surface area contributed by atoms with E-state index in [9.17, 15) is 4.79 Å². The Labute approximate surface area is 139 Å². The van der Waals surface area contributed by atoms with E-state index in [1.54, 1.807) is 18.2 Å². The Bertz CT molecular complexity index is 667.